The minimum Gasteiger partial charge on any atom is -0.481 e. The Morgan fingerprint density at radius 1 is 0.867 bits per heavy atom. The highest BCUT2D eigenvalue weighted by atomic mass is 16.7. The van der Waals surface area contributed by atoms with Gasteiger partial charge in [0.25, 0.3) is 0 Å². The van der Waals surface area contributed by atoms with Gasteiger partial charge < -0.3 is 30.1 Å². The molecule has 2 saturated heterocycles. The number of aliphatic hydroxyl groups is 2. The quantitative estimate of drug-likeness (QED) is 0.184. The van der Waals surface area contributed by atoms with Crippen LogP contribution in [0.3, 0.4) is 0 Å². The van der Waals surface area contributed by atoms with Gasteiger partial charge in [-0.2, -0.15) is 0 Å². The number of carbonyl (C=O) groups excluding carboxylic acids is 1. The highest BCUT2D eigenvalue weighted by Crippen LogP contribution is 2.39. The van der Waals surface area contributed by atoms with Gasteiger partial charge >= 0.3 is 5.97 Å². The third kappa shape index (κ3) is 9.69. The van der Waals surface area contributed by atoms with Crippen LogP contribution in [0.1, 0.15) is 79.6 Å². The normalized spacial score (nSPS) is 21.9. The lowest BCUT2D eigenvalue weighted by atomic mass is 9.98. The second-order valence-corrected chi connectivity index (χ2v) is 12.1. The molecule has 0 saturated carbocycles. The number of nitrogens with one attached hydrogen (secondary N) is 1. The van der Waals surface area contributed by atoms with Crippen LogP contribution in [0.25, 0.3) is 11.1 Å². The summed E-state index contributed by atoms with van der Waals surface area (Å²) in [6.45, 7) is 2.63. The maximum atomic E-state index is 12.3. The third-order valence-corrected chi connectivity index (χ3v) is 8.53. The number of carbonyl (C=O) groups is 2. The van der Waals surface area contributed by atoms with Crippen LogP contribution < -0.4 is 5.32 Å². The molecule has 4 N–H and O–H groups in total. The number of amides is 1. The van der Waals surface area contributed by atoms with E-state index in [-0.39, 0.29) is 37.2 Å². The number of ether oxygens (including phenoxy) is 2. The molecule has 0 radical (unpaired) electrons. The maximum absolute atomic E-state index is 12.3. The van der Waals surface area contributed by atoms with Crippen LogP contribution in [-0.4, -0.2) is 63.9 Å². The number of β-amino-alcohol motifs (C(OH)–C–C–N with tert-alkyl or cyclic N) is 1. The predicted octanol–water partition coefficient (Wildman–Crippen LogP) is 5.11. The smallest absolute Gasteiger partial charge is 0.303 e. The van der Waals surface area contributed by atoms with Crippen molar-refractivity contribution in [3.05, 3.63) is 95.1 Å². The molecule has 0 aromatic heterocycles. The van der Waals surface area contributed by atoms with E-state index in [1.165, 1.54) is 0 Å². The van der Waals surface area contributed by atoms with Crippen molar-refractivity contribution < 1.29 is 34.4 Å². The van der Waals surface area contributed by atoms with Crippen molar-refractivity contribution in [3.63, 3.8) is 0 Å². The molecule has 2 heterocycles. The van der Waals surface area contributed by atoms with Crippen LogP contribution >= 0.6 is 0 Å². The summed E-state index contributed by atoms with van der Waals surface area (Å²) in [7, 11) is 0. The van der Waals surface area contributed by atoms with Crippen molar-refractivity contribution >= 4 is 11.9 Å². The molecule has 45 heavy (non-hydrogen) atoms. The van der Waals surface area contributed by atoms with E-state index in [0.29, 0.717) is 38.8 Å². The monoisotopic (exact) mass is 616 g/mol. The Morgan fingerprint density at radius 2 is 1.62 bits per heavy atom. The van der Waals surface area contributed by atoms with Gasteiger partial charge in [-0.15, -0.1) is 0 Å². The van der Waals surface area contributed by atoms with E-state index < -0.39 is 12.3 Å². The van der Waals surface area contributed by atoms with Gasteiger partial charge in [0.2, 0.25) is 5.91 Å². The topological polar surface area (TPSA) is 129 Å². The number of hydrogen-bond acceptors (Lipinski definition) is 7. The average Bonchev–Trinajstić information content (AvgIpc) is 3.47. The number of aliphatic hydroxyl groups excluding tert-OH is 2. The Morgan fingerprint density at radius 3 is 2.36 bits per heavy atom. The van der Waals surface area contributed by atoms with Crippen LogP contribution in [0.5, 0.6) is 0 Å². The Bertz CT molecular complexity index is 1410. The lowest BCUT2D eigenvalue weighted by molar-refractivity contribution is -0.252. The lowest BCUT2D eigenvalue weighted by Crippen LogP contribution is -2.38. The number of carboxylic acids is 1. The minimum absolute atomic E-state index is 0.00596. The fourth-order valence-electron chi connectivity index (χ4n) is 6.05. The molecule has 240 valence electrons. The predicted molar refractivity (Wildman–Crippen MR) is 170 cm³/mol. The van der Waals surface area contributed by atoms with E-state index >= 15 is 0 Å². The third-order valence-electron chi connectivity index (χ3n) is 8.53. The summed E-state index contributed by atoms with van der Waals surface area (Å²) in [6, 6.07) is 24.1. The number of likely N-dealkylation sites (tertiary alicyclic amines) is 1. The van der Waals surface area contributed by atoms with E-state index in [2.05, 4.69) is 28.4 Å². The SMILES string of the molecule is O=C(O)CCCCCC(=O)NCc1cccc(-c2cccc(C3OC(CN4CCC(O)C4)CC(c4ccc(CO)cc4)O3)c2)c1. The van der Waals surface area contributed by atoms with Gasteiger partial charge in [0.15, 0.2) is 6.29 Å². The van der Waals surface area contributed by atoms with Crippen LogP contribution in [0.2, 0.25) is 0 Å². The van der Waals surface area contributed by atoms with Gasteiger partial charge in [0.1, 0.15) is 0 Å². The lowest BCUT2D eigenvalue weighted by Gasteiger charge is -2.38. The molecule has 3 aromatic rings. The average molecular weight is 617 g/mol. The number of nitrogens with zero attached hydrogens (tertiary/aromatic N) is 1. The van der Waals surface area contributed by atoms with Gasteiger partial charge in [-0.25, -0.2) is 0 Å². The van der Waals surface area contributed by atoms with E-state index in [4.69, 9.17) is 14.6 Å². The van der Waals surface area contributed by atoms with E-state index in [0.717, 1.165) is 59.3 Å². The largest absolute Gasteiger partial charge is 0.481 e. The molecular weight excluding hydrogens is 572 g/mol. The van der Waals surface area contributed by atoms with Gasteiger partial charge in [0, 0.05) is 51.0 Å². The first-order valence-electron chi connectivity index (χ1n) is 15.9. The number of benzene rings is 3. The minimum atomic E-state index is -0.804. The maximum Gasteiger partial charge on any atom is 0.303 e. The number of carboxylic acid groups (broad SMARTS) is 1. The molecule has 4 unspecified atom stereocenters. The van der Waals surface area contributed by atoms with Crippen LogP contribution in [0.4, 0.5) is 0 Å². The van der Waals surface area contributed by atoms with Crippen LogP contribution in [-0.2, 0) is 32.2 Å². The molecule has 2 aliphatic rings. The first kappa shape index (κ1) is 32.8. The molecule has 0 aliphatic carbocycles. The second-order valence-electron chi connectivity index (χ2n) is 12.1. The molecule has 1 amide bonds. The van der Waals surface area contributed by atoms with E-state index in [1.54, 1.807) is 0 Å². The molecule has 2 fully saturated rings. The van der Waals surface area contributed by atoms with Crippen molar-refractivity contribution in [1.82, 2.24) is 10.2 Å². The Kier molecular flexibility index (Phi) is 11.7. The van der Waals surface area contributed by atoms with Crippen LogP contribution in [0.15, 0.2) is 72.8 Å². The van der Waals surface area contributed by atoms with Crippen molar-refractivity contribution in [2.75, 3.05) is 19.6 Å². The Balaban J connectivity index is 1.25. The Hall–Kier alpha value is -3.60. The number of unbranched alkanes of at least 4 members (excludes halogenated alkanes) is 2. The molecule has 5 rings (SSSR count). The highest BCUT2D eigenvalue weighted by Gasteiger charge is 2.34. The fourth-order valence-corrected chi connectivity index (χ4v) is 6.05. The summed E-state index contributed by atoms with van der Waals surface area (Å²) in [6.07, 6.45) is 2.85. The number of aliphatic carboxylic acids is 1. The zero-order valence-corrected chi connectivity index (χ0v) is 25.6. The van der Waals surface area contributed by atoms with Crippen molar-refractivity contribution in [1.29, 1.82) is 0 Å². The van der Waals surface area contributed by atoms with Gasteiger partial charge in [-0.1, -0.05) is 67.1 Å². The summed E-state index contributed by atoms with van der Waals surface area (Å²) in [5, 5.41) is 31.3. The summed E-state index contributed by atoms with van der Waals surface area (Å²) >= 11 is 0. The van der Waals surface area contributed by atoms with Crippen molar-refractivity contribution in [2.24, 2.45) is 0 Å². The summed E-state index contributed by atoms with van der Waals surface area (Å²) in [5.41, 5.74) is 5.83. The van der Waals surface area contributed by atoms with Gasteiger partial charge in [-0.05, 0) is 59.2 Å². The number of hydrogen-bond donors (Lipinski definition) is 4. The molecule has 4 atom stereocenters. The molecule has 3 aromatic carbocycles. The summed E-state index contributed by atoms with van der Waals surface area (Å²) < 4.78 is 13.1. The summed E-state index contributed by atoms with van der Waals surface area (Å²) in [4.78, 5) is 25.2. The molecule has 9 nitrogen and oxygen atoms in total. The molecule has 0 bridgehead atoms. The molecular formula is C36H44N2O7. The van der Waals surface area contributed by atoms with E-state index in [9.17, 15) is 19.8 Å². The van der Waals surface area contributed by atoms with Crippen molar-refractivity contribution in [2.45, 2.75) is 82.7 Å². The van der Waals surface area contributed by atoms with E-state index in [1.807, 2.05) is 54.6 Å². The molecule has 2 aliphatic heterocycles. The van der Waals surface area contributed by atoms with Gasteiger partial charge in [-0.3, -0.25) is 14.5 Å². The zero-order chi connectivity index (χ0) is 31.6. The zero-order valence-electron chi connectivity index (χ0n) is 25.6. The molecule has 9 heteroatoms. The highest BCUT2D eigenvalue weighted by molar-refractivity contribution is 5.76. The van der Waals surface area contributed by atoms with Gasteiger partial charge in [0.05, 0.1) is 24.9 Å². The summed E-state index contributed by atoms with van der Waals surface area (Å²) in [5.74, 6) is -0.843. The van der Waals surface area contributed by atoms with Crippen molar-refractivity contribution in [3.8, 4) is 11.1 Å². The number of rotatable bonds is 14. The Labute approximate surface area is 264 Å². The standard InChI is InChI=1S/C36H44N2O7/c39-24-25-12-14-27(15-13-25)33-20-32(23-38-17-16-31(40)22-38)44-36(45-33)30-9-5-8-29(19-30)28-7-4-6-26(18-28)21-37-34(41)10-2-1-3-11-35(42)43/h4-9,12-15,18-19,31-33,36,39-40H,1-3,10-11,16-17,20-24H2,(H,37,41)(H,42,43). The molecule has 0 spiro atoms. The second kappa shape index (κ2) is 16.1. The van der Waals surface area contributed by atoms with Crippen LogP contribution in [0, 0.1) is 0 Å². The first-order valence-corrected chi connectivity index (χ1v) is 15.9. The first-order chi connectivity index (χ1) is 21.9. The fraction of sp³-hybridized carbons (Fsp3) is 0.444.